The summed E-state index contributed by atoms with van der Waals surface area (Å²) in [6, 6.07) is 0.585. The van der Waals surface area contributed by atoms with Crippen LogP contribution in [-0.4, -0.2) is 28.0 Å². The number of carbonyl (C=O) groups is 2. The van der Waals surface area contributed by atoms with E-state index in [4.69, 9.17) is 16.7 Å². The van der Waals surface area contributed by atoms with Gasteiger partial charge in [-0.05, 0) is 12.5 Å². The van der Waals surface area contributed by atoms with Crippen LogP contribution in [0.3, 0.4) is 0 Å². The minimum Gasteiger partial charge on any atom is -0.480 e. The van der Waals surface area contributed by atoms with Gasteiger partial charge in [-0.2, -0.15) is 0 Å². The largest absolute Gasteiger partial charge is 0.480 e. The van der Waals surface area contributed by atoms with Gasteiger partial charge in [0, 0.05) is 6.20 Å². The van der Waals surface area contributed by atoms with Crippen LogP contribution in [0.25, 0.3) is 0 Å². The van der Waals surface area contributed by atoms with Crippen molar-refractivity contribution >= 4 is 23.5 Å². The first kappa shape index (κ1) is 12.6. The van der Waals surface area contributed by atoms with E-state index in [0.717, 1.165) is 0 Å². The fourth-order valence-corrected chi connectivity index (χ4v) is 1.44. The number of carboxylic acids is 1. The van der Waals surface area contributed by atoms with E-state index in [-0.39, 0.29) is 5.69 Å². The van der Waals surface area contributed by atoms with Crippen LogP contribution in [0.4, 0.5) is 0 Å². The van der Waals surface area contributed by atoms with Gasteiger partial charge in [0.1, 0.15) is 11.7 Å². The highest BCUT2D eigenvalue weighted by Gasteiger charge is 2.20. The van der Waals surface area contributed by atoms with E-state index in [9.17, 15) is 9.59 Å². The number of amides is 1. The fourth-order valence-electron chi connectivity index (χ4n) is 1.28. The third-order valence-corrected chi connectivity index (χ3v) is 2.29. The predicted octanol–water partition coefficient (Wildman–Crippen LogP) is 1.65. The molecule has 5 nitrogen and oxygen atoms in total. The molecule has 1 atom stereocenters. The molecule has 1 amide bonds. The van der Waals surface area contributed by atoms with Gasteiger partial charge in [0.25, 0.3) is 5.91 Å². The number of aliphatic carboxylic acids is 1. The molecule has 16 heavy (non-hydrogen) atoms. The summed E-state index contributed by atoms with van der Waals surface area (Å²) in [5.41, 5.74) is 0.257. The van der Waals surface area contributed by atoms with Crippen LogP contribution < -0.4 is 5.32 Å². The number of carboxylic acid groups (broad SMARTS) is 1. The number of H-pyrrole nitrogens is 1. The zero-order valence-electron chi connectivity index (χ0n) is 8.79. The summed E-state index contributed by atoms with van der Waals surface area (Å²) in [5, 5.41) is 11.7. The Bertz CT molecular complexity index is 389. The van der Waals surface area contributed by atoms with E-state index in [1.54, 1.807) is 0 Å². The molecule has 0 saturated carbocycles. The van der Waals surface area contributed by atoms with Crippen molar-refractivity contribution < 1.29 is 14.7 Å². The number of carbonyl (C=O) groups excluding carboxylic acids is 1. The molecule has 0 aliphatic rings. The van der Waals surface area contributed by atoms with Gasteiger partial charge in [0.2, 0.25) is 0 Å². The highest BCUT2D eigenvalue weighted by atomic mass is 35.5. The van der Waals surface area contributed by atoms with Crippen LogP contribution in [0.15, 0.2) is 12.3 Å². The van der Waals surface area contributed by atoms with Gasteiger partial charge in [0.15, 0.2) is 0 Å². The SMILES string of the molecule is CCC[C@H](NC(=O)c1cc(Cl)c[nH]1)C(=O)O. The quantitative estimate of drug-likeness (QED) is 0.737. The molecule has 88 valence electrons. The Hall–Kier alpha value is -1.49. The van der Waals surface area contributed by atoms with E-state index in [0.29, 0.717) is 17.9 Å². The second kappa shape index (κ2) is 5.55. The van der Waals surface area contributed by atoms with Crippen LogP contribution >= 0.6 is 11.6 Å². The number of rotatable bonds is 5. The average Bonchev–Trinajstić information content (AvgIpc) is 2.64. The Morgan fingerprint density at radius 1 is 1.62 bits per heavy atom. The standard InChI is InChI=1S/C10H13ClN2O3/c1-2-3-7(10(15)16)13-9(14)8-4-6(11)5-12-8/h4-5,7,12H,2-3H2,1H3,(H,13,14)(H,15,16)/t7-/m0/s1. The smallest absolute Gasteiger partial charge is 0.326 e. The minimum absolute atomic E-state index is 0.257. The number of aromatic amines is 1. The summed E-state index contributed by atoms with van der Waals surface area (Å²) in [6.45, 7) is 1.85. The lowest BCUT2D eigenvalue weighted by Gasteiger charge is -2.12. The second-order valence-electron chi connectivity index (χ2n) is 3.38. The number of hydrogen-bond acceptors (Lipinski definition) is 2. The Morgan fingerprint density at radius 2 is 2.31 bits per heavy atom. The molecular weight excluding hydrogens is 232 g/mol. The maximum absolute atomic E-state index is 11.6. The van der Waals surface area contributed by atoms with E-state index in [1.807, 2.05) is 6.92 Å². The number of hydrogen-bond donors (Lipinski definition) is 3. The number of aromatic nitrogens is 1. The highest BCUT2D eigenvalue weighted by molar-refractivity contribution is 6.30. The fraction of sp³-hybridized carbons (Fsp3) is 0.400. The van der Waals surface area contributed by atoms with Gasteiger partial charge in [-0.1, -0.05) is 24.9 Å². The Kier molecular flexibility index (Phi) is 4.37. The molecular formula is C10H13ClN2O3. The van der Waals surface area contributed by atoms with Crippen LogP contribution in [0.2, 0.25) is 5.02 Å². The van der Waals surface area contributed by atoms with Gasteiger partial charge in [-0.3, -0.25) is 4.79 Å². The van der Waals surface area contributed by atoms with Crippen LogP contribution in [0.1, 0.15) is 30.3 Å². The summed E-state index contributed by atoms with van der Waals surface area (Å²) in [5.74, 6) is -1.50. The zero-order chi connectivity index (χ0) is 12.1. The molecule has 6 heteroatoms. The Morgan fingerprint density at radius 3 is 2.75 bits per heavy atom. The first-order valence-electron chi connectivity index (χ1n) is 4.92. The summed E-state index contributed by atoms with van der Waals surface area (Å²) in [4.78, 5) is 25.0. The molecule has 0 saturated heterocycles. The van der Waals surface area contributed by atoms with Crippen LogP contribution in [-0.2, 0) is 4.79 Å². The third-order valence-electron chi connectivity index (χ3n) is 2.07. The second-order valence-corrected chi connectivity index (χ2v) is 3.82. The molecule has 1 aromatic heterocycles. The van der Waals surface area contributed by atoms with Gasteiger partial charge in [0.05, 0.1) is 5.02 Å². The Labute approximate surface area is 97.8 Å². The molecule has 1 aromatic rings. The van der Waals surface area contributed by atoms with Crippen molar-refractivity contribution in [2.24, 2.45) is 0 Å². The molecule has 0 aliphatic heterocycles. The lowest BCUT2D eigenvalue weighted by Crippen LogP contribution is -2.40. The Balaban J connectivity index is 2.65. The normalized spacial score (nSPS) is 12.1. The number of halogens is 1. The summed E-state index contributed by atoms with van der Waals surface area (Å²) < 4.78 is 0. The lowest BCUT2D eigenvalue weighted by molar-refractivity contribution is -0.139. The van der Waals surface area contributed by atoms with E-state index in [1.165, 1.54) is 12.3 Å². The van der Waals surface area contributed by atoms with Crippen molar-refractivity contribution in [2.45, 2.75) is 25.8 Å². The summed E-state index contributed by atoms with van der Waals surface area (Å²) in [7, 11) is 0. The molecule has 0 radical (unpaired) electrons. The summed E-state index contributed by atoms with van der Waals surface area (Å²) >= 11 is 5.64. The topological polar surface area (TPSA) is 82.2 Å². The van der Waals surface area contributed by atoms with Crippen molar-refractivity contribution in [3.8, 4) is 0 Å². The van der Waals surface area contributed by atoms with E-state index >= 15 is 0 Å². The summed E-state index contributed by atoms with van der Waals surface area (Å²) in [6.07, 6.45) is 2.55. The maximum atomic E-state index is 11.6. The monoisotopic (exact) mass is 244 g/mol. The van der Waals surface area contributed by atoms with E-state index in [2.05, 4.69) is 10.3 Å². The first-order valence-corrected chi connectivity index (χ1v) is 5.30. The molecule has 0 spiro atoms. The van der Waals surface area contributed by atoms with Crippen molar-refractivity contribution in [1.82, 2.24) is 10.3 Å². The molecule has 0 fully saturated rings. The van der Waals surface area contributed by atoms with Gasteiger partial charge >= 0.3 is 5.97 Å². The first-order chi connectivity index (χ1) is 7.54. The molecule has 0 unspecified atom stereocenters. The van der Waals surface area contributed by atoms with E-state index < -0.39 is 17.9 Å². The van der Waals surface area contributed by atoms with Crippen LogP contribution in [0.5, 0.6) is 0 Å². The highest BCUT2D eigenvalue weighted by Crippen LogP contribution is 2.09. The molecule has 1 rings (SSSR count). The average molecular weight is 245 g/mol. The maximum Gasteiger partial charge on any atom is 0.326 e. The molecule has 0 aromatic carbocycles. The molecule has 3 N–H and O–H groups in total. The van der Waals surface area contributed by atoms with Crippen molar-refractivity contribution in [2.75, 3.05) is 0 Å². The van der Waals surface area contributed by atoms with Crippen molar-refractivity contribution in [3.63, 3.8) is 0 Å². The molecule has 1 heterocycles. The van der Waals surface area contributed by atoms with Gasteiger partial charge in [-0.15, -0.1) is 0 Å². The van der Waals surface area contributed by atoms with Gasteiger partial charge in [-0.25, -0.2) is 4.79 Å². The molecule has 0 bridgehead atoms. The number of nitrogens with one attached hydrogen (secondary N) is 2. The lowest BCUT2D eigenvalue weighted by atomic mass is 10.1. The van der Waals surface area contributed by atoms with Crippen molar-refractivity contribution in [1.29, 1.82) is 0 Å². The molecule has 0 aliphatic carbocycles. The predicted molar refractivity (Wildman–Crippen MR) is 59.6 cm³/mol. The van der Waals surface area contributed by atoms with Crippen molar-refractivity contribution in [3.05, 3.63) is 23.0 Å². The third kappa shape index (κ3) is 3.27. The zero-order valence-corrected chi connectivity index (χ0v) is 9.54. The van der Waals surface area contributed by atoms with Gasteiger partial charge < -0.3 is 15.4 Å². The van der Waals surface area contributed by atoms with Crippen LogP contribution in [0, 0.1) is 0 Å². The minimum atomic E-state index is -1.03.